The van der Waals surface area contributed by atoms with Gasteiger partial charge in [-0.15, -0.1) is 0 Å². The molecular weight excluding hydrogens is 330 g/mol. The molecule has 0 aliphatic heterocycles. The minimum Gasteiger partial charge on any atom is -0.392 e. The Balaban J connectivity index is 2.45. The molecule has 4 nitrogen and oxygen atoms in total. The van der Waals surface area contributed by atoms with Crippen molar-refractivity contribution >= 4 is 33.4 Å². The molecule has 21 heavy (non-hydrogen) atoms. The minimum absolute atomic E-state index is 0.132. The molecule has 0 aliphatic carbocycles. The fraction of sp³-hybridized carbons (Fsp3) is 0.571. The molecule has 1 aromatic carbocycles. The average molecular weight is 352 g/mol. The summed E-state index contributed by atoms with van der Waals surface area (Å²) in [7, 11) is -3.53. The first-order valence-corrected chi connectivity index (χ1v) is 10.1. The Morgan fingerprint density at radius 3 is 2.57 bits per heavy atom. The van der Waals surface area contributed by atoms with Gasteiger partial charge in [0.25, 0.3) is 0 Å². The number of thioether (sulfide) groups is 1. The van der Waals surface area contributed by atoms with Crippen LogP contribution in [0.4, 0.5) is 0 Å². The van der Waals surface area contributed by atoms with Gasteiger partial charge in [0.1, 0.15) is 0 Å². The Labute approximate surface area is 136 Å². The standard InChI is InChI=1S/C14H22ClNO3S2/c1-20-9-5-3-2-4-8-16-21(18,19)13-7-6-12(11-17)14(15)10-13/h6-7,10,16-17H,2-5,8-9,11H2,1H3. The van der Waals surface area contributed by atoms with Gasteiger partial charge < -0.3 is 5.11 Å². The largest absolute Gasteiger partial charge is 0.392 e. The molecule has 1 aromatic rings. The number of hydrogen-bond donors (Lipinski definition) is 2. The van der Waals surface area contributed by atoms with Gasteiger partial charge in [0.2, 0.25) is 10.0 Å². The van der Waals surface area contributed by atoms with Gasteiger partial charge in [-0.25, -0.2) is 13.1 Å². The number of aliphatic hydroxyl groups excluding tert-OH is 1. The number of sulfonamides is 1. The van der Waals surface area contributed by atoms with E-state index in [4.69, 9.17) is 16.7 Å². The van der Waals surface area contributed by atoms with Crippen molar-refractivity contribution in [2.75, 3.05) is 18.6 Å². The number of hydrogen-bond acceptors (Lipinski definition) is 4. The van der Waals surface area contributed by atoms with Crippen LogP contribution in [0.1, 0.15) is 31.2 Å². The molecule has 120 valence electrons. The maximum Gasteiger partial charge on any atom is 0.240 e. The van der Waals surface area contributed by atoms with Gasteiger partial charge in [-0.2, -0.15) is 11.8 Å². The van der Waals surface area contributed by atoms with Crippen LogP contribution in [0.5, 0.6) is 0 Å². The van der Waals surface area contributed by atoms with Gasteiger partial charge in [0, 0.05) is 11.6 Å². The van der Waals surface area contributed by atoms with E-state index in [0.29, 0.717) is 12.1 Å². The number of unbranched alkanes of at least 4 members (excludes halogenated alkanes) is 3. The normalized spacial score (nSPS) is 11.8. The van der Waals surface area contributed by atoms with E-state index in [1.165, 1.54) is 24.6 Å². The lowest BCUT2D eigenvalue weighted by atomic mass is 10.2. The van der Waals surface area contributed by atoms with Crippen LogP contribution >= 0.6 is 23.4 Å². The summed E-state index contributed by atoms with van der Waals surface area (Å²) in [6, 6.07) is 4.35. The van der Waals surface area contributed by atoms with E-state index in [9.17, 15) is 8.42 Å². The first-order chi connectivity index (χ1) is 10.0. The lowest BCUT2D eigenvalue weighted by molar-refractivity contribution is 0.282. The van der Waals surface area contributed by atoms with Crippen LogP contribution in [0, 0.1) is 0 Å². The van der Waals surface area contributed by atoms with E-state index >= 15 is 0 Å². The highest BCUT2D eigenvalue weighted by Crippen LogP contribution is 2.20. The molecule has 0 saturated heterocycles. The summed E-state index contributed by atoms with van der Waals surface area (Å²) < 4.78 is 26.7. The predicted molar refractivity (Wildman–Crippen MR) is 89.4 cm³/mol. The predicted octanol–water partition coefficient (Wildman–Crippen LogP) is 3.03. The van der Waals surface area contributed by atoms with Crippen molar-refractivity contribution in [3.8, 4) is 0 Å². The summed E-state index contributed by atoms with van der Waals surface area (Å²) >= 11 is 7.74. The summed E-state index contributed by atoms with van der Waals surface area (Å²) in [5.41, 5.74) is 0.518. The van der Waals surface area contributed by atoms with Crippen molar-refractivity contribution in [3.63, 3.8) is 0 Å². The second-order valence-electron chi connectivity index (χ2n) is 4.72. The van der Waals surface area contributed by atoms with Crippen LogP contribution in [0.25, 0.3) is 0 Å². The molecule has 0 atom stereocenters. The van der Waals surface area contributed by atoms with Crippen molar-refractivity contribution in [2.45, 2.75) is 37.2 Å². The van der Waals surface area contributed by atoms with E-state index in [0.717, 1.165) is 25.0 Å². The molecule has 2 N–H and O–H groups in total. The monoisotopic (exact) mass is 351 g/mol. The average Bonchev–Trinajstić information content (AvgIpc) is 2.46. The lowest BCUT2D eigenvalue weighted by Crippen LogP contribution is -2.24. The molecule has 0 fully saturated rings. The minimum atomic E-state index is -3.53. The summed E-state index contributed by atoms with van der Waals surface area (Å²) in [6.45, 7) is 0.226. The van der Waals surface area contributed by atoms with E-state index < -0.39 is 10.0 Å². The van der Waals surface area contributed by atoms with Crippen LogP contribution in [-0.4, -0.2) is 32.1 Å². The zero-order valence-corrected chi connectivity index (χ0v) is 14.5. The van der Waals surface area contributed by atoms with Crippen LogP contribution in [0.2, 0.25) is 5.02 Å². The number of nitrogens with one attached hydrogen (secondary N) is 1. The van der Waals surface area contributed by atoms with E-state index in [1.54, 1.807) is 0 Å². The van der Waals surface area contributed by atoms with E-state index in [2.05, 4.69) is 11.0 Å². The Morgan fingerprint density at radius 1 is 1.24 bits per heavy atom. The molecule has 0 aromatic heterocycles. The van der Waals surface area contributed by atoms with Crippen LogP contribution in [-0.2, 0) is 16.6 Å². The Bertz CT molecular complexity index is 535. The highest BCUT2D eigenvalue weighted by Gasteiger charge is 2.14. The number of rotatable bonds is 10. The highest BCUT2D eigenvalue weighted by molar-refractivity contribution is 7.98. The van der Waals surface area contributed by atoms with Crippen LogP contribution in [0.3, 0.4) is 0 Å². The second kappa shape index (κ2) is 9.69. The van der Waals surface area contributed by atoms with Gasteiger partial charge in [-0.1, -0.05) is 30.5 Å². The van der Waals surface area contributed by atoms with Gasteiger partial charge in [-0.05, 0) is 42.5 Å². The van der Waals surface area contributed by atoms with Crippen LogP contribution in [0.15, 0.2) is 23.1 Å². The molecule has 1 rings (SSSR count). The zero-order chi connectivity index (χ0) is 15.7. The molecule has 0 saturated carbocycles. The third-order valence-corrected chi connectivity index (χ3v) is 5.58. The van der Waals surface area contributed by atoms with Gasteiger partial charge in [0.05, 0.1) is 11.5 Å². The molecule has 0 heterocycles. The quantitative estimate of drug-likeness (QED) is 0.636. The van der Waals surface area contributed by atoms with Gasteiger partial charge >= 0.3 is 0 Å². The summed E-state index contributed by atoms with van der Waals surface area (Å²) in [4.78, 5) is 0.132. The number of aliphatic hydroxyl groups is 1. The van der Waals surface area contributed by atoms with Crippen molar-refractivity contribution in [3.05, 3.63) is 28.8 Å². The molecule has 0 unspecified atom stereocenters. The molecule has 0 amide bonds. The number of benzene rings is 1. The van der Waals surface area contributed by atoms with E-state index in [1.807, 2.05) is 11.8 Å². The lowest BCUT2D eigenvalue weighted by Gasteiger charge is -2.08. The maximum absolute atomic E-state index is 12.1. The summed E-state index contributed by atoms with van der Waals surface area (Å²) in [5.74, 6) is 1.15. The Morgan fingerprint density at radius 2 is 1.95 bits per heavy atom. The van der Waals surface area contributed by atoms with Crippen LogP contribution < -0.4 is 4.72 Å². The van der Waals surface area contributed by atoms with Gasteiger partial charge in [0.15, 0.2) is 0 Å². The summed E-state index contributed by atoms with van der Waals surface area (Å²) in [5, 5.41) is 9.28. The van der Waals surface area contributed by atoms with Crippen molar-refractivity contribution in [1.29, 1.82) is 0 Å². The third kappa shape index (κ3) is 6.57. The van der Waals surface area contributed by atoms with Crippen molar-refractivity contribution < 1.29 is 13.5 Å². The smallest absolute Gasteiger partial charge is 0.240 e. The third-order valence-electron chi connectivity index (χ3n) is 3.07. The zero-order valence-electron chi connectivity index (χ0n) is 12.1. The van der Waals surface area contributed by atoms with Gasteiger partial charge in [-0.3, -0.25) is 0 Å². The maximum atomic E-state index is 12.1. The molecule has 0 radical (unpaired) electrons. The summed E-state index contributed by atoms with van der Waals surface area (Å²) in [6.07, 6.45) is 6.23. The van der Waals surface area contributed by atoms with Crippen molar-refractivity contribution in [2.24, 2.45) is 0 Å². The highest BCUT2D eigenvalue weighted by atomic mass is 35.5. The fourth-order valence-corrected chi connectivity index (χ4v) is 3.74. The molecular formula is C14H22ClNO3S2. The topological polar surface area (TPSA) is 66.4 Å². The molecule has 0 spiro atoms. The van der Waals surface area contributed by atoms with E-state index in [-0.39, 0.29) is 16.5 Å². The fourth-order valence-electron chi connectivity index (χ4n) is 1.84. The second-order valence-corrected chi connectivity index (χ2v) is 7.88. The molecule has 0 aliphatic rings. The first-order valence-electron chi connectivity index (χ1n) is 6.89. The number of halogens is 1. The first kappa shape index (κ1) is 18.8. The Kier molecular flexibility index (Phi) is 8.66. The Hall–Kier alpha value is -0.270. The van der Waals surface area contributed by atoms with Crippen molar-refractivity contribution in [1.82, 2.24) is 4.72 Å². The molecule has 0 bridgehead atoms. The molecule has 7 heteroatoms. The SMILES string of the molecule is CSCCCCCCNS(=O)(=O)c1ccc(CO)c(Cl)c1.